The van der Waals surface area contributed by atoms with Crippen LogP contribution in [0.15, 0.2) is 66.8 Å². The number of imidazole rings is 1. The molecule has 1 aliphatic rings. The molecule has 1 aromatic heterocycles. The number of likely N-dealkylation sites (tertiary alicyclic amines) is 1. The SMILES string of the molecule is CCOc1ccc(C2/C(=C(\[O-])c3ccc(F)cc3)C(=O)C(=O)N2CCC[n+]2cc[nH]c2)cc1OC. The summed E-state index contributed by atoms with van der Waals surface area (Å²) in [7, 11) is 1.49. The quantitative estimate of drug-likeness (QED) is 0.220. The maximum absolute atomic E-state index is 13.4. The molecule has 182 valence electrons. The van der Waals surface area contributed by atoms with Gasteiger partial charge in [0.05, 0.1) is 26.3 Å². The standard InChI is InChI=1S/C26H26FN3O5/c1-3-35-20-10-7-18(15-21(20)34-2)23-22(24(31)17-5-8-19(27)9-6-17)25(32)26(33)30(23)13-4-12-29-14-11-28-16-29/h5-11,14-16,23H,3-4,12-13H2,1-2H3,(H,31,32). The number of halogens is 1. The van der Waals surface area contributed by atoms with Crippen molar-refractivity contribution in [3.05, 3.63) is 83.7 Å². The summed E-state index contributed by atoms with van der Waals surface area (Å²) < 4.78 is 26.4. The molecule has 1 N–H and O–H groups in total. The van der Waals surface area contributed by atoms with Gasteiger partial charge in [-0.1, -0.05) is 24.0 Å². The number of aromatic nitrogens is 2. The van der Waals surface area contributed by atoms with Crippen LogP contribution in [0, 0.1) is 5.82 Å². The van der Waals surface area contributed by atoms with Gasteiger partial charge in [-0.3, -0.25) is 14.6 Å². The zero-order valence-corrected chi connectivity index (χ0v) is 19.5. The van der Waals surface area contributed by atoms with Gasteiger partial charge < -0.3 is 19.5 Å². The molecule has 3 aromatic rings. The van der Waals surface area contributed by atoms with Crippen LogP contribution in [0.3, 0.4) is 0 Å². The lowest BCUT2D eigenvalue weighted by Gasteiger charge is -2.28. The Kier molecular flexibility index (Phi) is 7.14. The lowest BCUT2D eigenvalue weighted by Crippen LogP contribution is -2.36. The van der Waals surface area contributed by atoms with Crippen molar-refractivity contribution >= 4 is 17.4 Å². The van der Waals surface area contributed by atoms with Crippen LogP contribution in [0.4, 0.5) is 4.39 Å². The number of ketones is 1. The van der Waals surface area contributed by atoms with Gasteiger partial charge in [-0.2, -0.15) is 0 Å². The van der Waals surface area contributed by atoms with Gasteiger partial charge in [0.2, 0.25) is 12.1 Å². The molecule has 1 aliphatic heterocycles. The highest BCUT2D eigenvalue weighted by molar-refractivity contribution is 6.46. The highest BCUT2D eigenvalue weighted by Gasteiger charge is 2.44. The number of carbonyl (C=O) groups excluding carboxylic acids is 2. The summed E-state index contributed by atoms with van der Waals surface area (Å²) in [6.45, 7) is 3.14. The third-order valence-corrected chi connectivity index (χ3v) is 5.86. The highest BCUT2D eigenvalue weighted by atomic mass is 19.1. The Balaban J connectivity index is 1.77. The first-order valence-corrected chi connectivity index (χ1v) is 11.3. The number of nitrogens with zero attached hydrogens (tertiary/aromatic N) is 2. The average Bonchev–Trinajstić information content (AvgIpc) is 3.47. The summed E-state index contributed by atoms with van der Waals surface area (Å²) in [6.07, 6.45) is 6.00. The van der Waals surface area contributed by atoms with Crippen LogP contribution in [0.25, 0.3) is 5.76 Å². The molecule has 1 amide bonds. The number of amides is 1. The largest absolute Gasteiger partial charge is 0.872 e. The third kappa shape index (κ3) is 4.89. The summed E-state index contributed by atoms with van der Waals surface area (Å²) in [5.74, 6) is -1.77. The number of rotatable bonds is 9. The molecular weight excluding hydrogens is 453 g/mol. The van der Waals surface area contributed by atoms with Crippen LogP contribution in [0.2, 0.25) is 0 Å². The summed E-state index contributed by atoms with van der Waals surface area (Å²) >= 11 is 0. The number of aromatic amines is 1. The van der Waals surface area contributed by atoms with E-state index in [4.69, 9.17) is 9.47 Å². The highest BCUT2D eigenvalue weighted by Crippen LogP contribution is 2.41. The van der Waals surface area contributed by atoms with Crippen molar-refractivity contribution in [2.24, 2.45) is 0 Å². The van der Waals surface area contributed by atoms with Crippen molar-refractivity contribution in [3.8, 4) is 11.5 Å². The molecule has 35 heavy (non-hydrogen) atoms. The van der Waals surface area contributed by atoms with Crippen LogP contribution in [-0.4, -0.2) is 41.8 Å². The van der Waals surface area contributed by atoms with E-state index in [0.29, 0.717) is 36.6 Å². The van der Waals surface area contributed by atoms with E-state index in [2.05, 4.69) is 4.98 Å². The van der Waals surface area contributed by atoms with Gasteiger partial charge >= 0.3 is 0 Å². The Hall–Kier alpha value is -4.14. The van der Waals surface area contributed by atoms with E-state index in [1.54, 1.807) is 30.7 Å². The smallest absolute Gasteiger partial charge is 0.295 e. The average molecular weight is 480 g/mol. The van der Waals surface area contributed by atoms with Gasteiger partial charge in [0.25, 0.3) is 5.91 Å². The first-order valence-electron chi connectivity index (χ1n) is 11.3. The fourth-order valence-electron chi connectivity index (χ4n) is 4.22. The molecule has 1 unspecified atom stereocenters. The van der Waals surface area contributed by atoms with Gasteiger partial charge in [-0.25, -0.2) is 8.96 Å². The second kappa shape index (κ2) is 10.4. The Morgan fingerprint density at radius 3 is 2.60 bits per heavy atom. The molecule has 0 spiro atoms. The maximum Gasteiger partial charge on any atom is 0.295 e. The van der Waals surface area contributed by atoms with Gasteiger partial charge in [-0.05, 0) is 42.3 Å². The lowest BCUT2D eigenvalue weighted by atomic mass is 9.95. The van der Waals surface area contributed by atoms with Crippen molar-refractivity contribution in [3.63, 3.8) is 0 Å². The third-order valence-electron chi connectivity index (χ3n) is 5.86. The van der Waals surface area contributed by atoms with E-state index in [-0.39, 0.29) is 17.7 Å². The van der Waals surface area contributed by atoms with E-state index in [0.717, 1.165) is 12.1 Å². The van der Waals surface area contributed by atoms with Crippen molar-refractivity contribution in [2.75, 3.05) is 20.3 Å². The first-order chi connectivity index (χ1) is 16.9. The minimum absolute atomic E-state index is 0.134. The summed E-state index contributed by atoms with van der Waals surface area (Å²) in [6, 6.07) is 9.09. The molecule has 1 atom stereocenters. The number of hydrogen-bond acceptors (Lipinski definition) is 5. The van der Waals surface area contributed by atoms with E-state index >= 15 is 0 Å². The number of Topliss-reactive ketones (excluding diaryl/α,β-unsaturated/α-hetero) is 1. The second-order valence-electron chi connectivity index (χ2n) is 8.03. The van der Waals surface area contributed by atoms with Crippen LogP contribution in [0.5, 0.6) is 11.5 Å². The topological polar surface area (TPSA) is 98.6 Å². The molecule has 0 radical (unpaired) electrons. The van der Waals surface area contributed by atoms with Gasteiger partial charge in [0.15, 0.2) is 11.5 Å². The lowest BCUT2D eigenvalue weighted by molar-refractivity contribution is -0.695. The van der Waals surface area contributed by atoms with Gasteiger partial charge in [-0.15, -0.1) is 0 Å². The van der Waals surface area contributed by atoms with E-state index < -0.39 is 29.3 Å². The van der Waals surface area contributed by atoms with Crippen LogP contribution >= 0.6 is 0 Å². The van der Waals surface area contributed by atoms with Gasteiger partial charge in [0.1, 0.15) is 18.2 Å². The molecule has 4 rings (SSSR count). The van der Waals surface area contributed by atoms with E-state index in [1.165, 1.54) is 24.1 Å². The minimum Gasteiger partial charge on any atom is -0.872 e. The molecule has 2 aromatic carbocycles. The fourth-order valence-corrected chi connectivity index (χ4v) is 4.22. The number of aryl methyl sites for hydroxylation is 1. The summed E-state index contributed by atoms with van der Waals surface area (Å²) in [5.41, 5.74) is 0.515. The van der Waals surface area contributed by atoms with Crippen molar-refractivity contribution in [1.82, 2.24) is 9.88 Å². The summed E-state index contributed by atoms with van der Waals surface area (Å²) in [5, 5.41) is 13.4. The number of hydrogen-bond donors (Lipinski definition) is 1. The van der Waals surface area contributed by atoms with Gasteiger partial charge in [0, 0.05) is 18.5 Å². The second-order valence-corrected chi connectivity index (χ2v) is 8.03. The predicted octanol–water partition coefficient (Wildman–Crippen LogP) is 2.16. The molecule has 1 fully saturated rings. The zero-order valence-electron chi connectivity index (χ0n) is 19.5. The van der Waals surface area contributed by atoms with Crippen LogP contribution in [-0.2, 0) is 16.1 Å². The number of benzene rings is 2. The molecule has 0 aliphatic carbocycles. The Morgan fingerprint density at radius 1 is 1.17 bits per heavy atom. The van der Waals surface area contributed by atoms with E-state index in [1.807, 2.05) is 17.7 Å². The predicted molar refractivity (Wildman–Crippen MR) is 123 cm³/mol. The minimum atomic E-state index is -0.909. The number of H-pyrrole nitrogens is 1. The Morgan fingerprint density at radius 2 is 1.94 bits per heavy atom. The normalized spacial score (nSPS) is 17.1. The molecular formula is C26H26FN3O5. The number of methoxy groups -OCH3 is 1. The monoisotopic (exact) mass is 479 g/mol. The first kappa shape index (κ1) is 24.0. The molecule has 1 saturated heterocycles. The molecule has 0 saturated carbocycles. The van der Waals surface area contributed by atoms with Crippen molar-refractivity contribution in [1.29, 1.82) is 0 Å². The number of ether oxygens (including phenoxy) is 2. The van der Waals surface area contributed by atoms with Crippen LogP contribution < -0.4 is 19.1 Å². The Labute approximate surface area is 202 Å². The molecule has 0 bridgehead atoms. The number of nitrogens with one attached hydrogen (secondary N) is 1. The maximum atomic E-state index is 13.4. The number of carbonyl (C=O) groups is 2. The Bertz CT molecular complexity index is 1240. The summed E-state index contributed by atoms with van der Waals surface area (Å²) in [4.78, 5) is 30.6. The van der Waals surface area contributed by atoms with E-state index in [9.17, 15) is 19.1 Å². The van der Waals surface area contributed by atoms with Crippen molar-refractivity contribution < 1.29 is 33.1 Å². The fraction of sp³-hybridized carbons (Fsp3) is 0.269. The van der Waals surface area contributed by atoms with Crippen LogP contribution in [0.1, 0.15) is 30.5 Å². The van der Waals surface area contributed by atoms with Crippen molar-refractivity contribution in [2.45, 2.75) is 25.9 Å². The molecule has 9 heteroatoms. The molecule has 2 heterocycles. The molecule has 8 nitrogen and oxygen atoms in total. The zero-order chi connectivity index (χ0) is 24.9.